The molecule has 0 atom stereocenters. The standard InChI is InChI=1S/C25H27FN4O2/c1-3-13-9-15(10-13)16-5-4-6-17(21(16)26)20-11-18-19(25(32)27-2)12-28-23(22(18)29-20)30-24(31)14-7-8-14/h4-6,11-15,29H,3,7-10H2,1-2H3,(H,27,32)(H,28,30,31). The first kappa shape index (κ1) is 20.7. The molecule has 5 rings (SSSR count). The van der Waals surface area contributed by atoms with Gasteiger partial charge in [0, 0.05) is 35.8 Å². The minimum absolute atomic E-state index is 0.0171. The van der Waals surface area contributed by atoms with Gasteiger partial charge in [0.05, 0.1) is 11.1 Å². The second-order valence-corrected chi connectivity index (χ2v) is 8.99. The normalized spacial score (nSPS) is 20.1. The van der Waals surface area contributed by atoms with Crippen molar-refractivity contribution in [2.45, 2.75) is 44.9 Å². The summed E-state index contributed by atoms with van der Waals surface area (Å²) in [6.45, 7) is 2.18. The maximum Gasteiger partial charge on any atom is 0.253 e. The predicted octanol–water partition coefficient (Wildman–Crippen LogP) is 4.98. The van der Waals surface area contributed by atoms with Gasteiger partial charge in [0.2, 0.25) is 5.91 Å². The highest BCUT2D eigenvalue weighted by Crippen LogP contribution is 2.45. The number of hydrogen-bond donors (Lipinski definition) is 3. The number of pyridine rings is 1. The number of aromatic amines is 1. The summed E-state index contributed by atoms with van der Waals surface area (Å²) in [5, 5.41) is 6.08. The number of amides is 2. The Balaban J connectivity index is 1.57. The maximum absolute atomic E-state index is 15.6. The number of nitrogens with zero attached hydrogens (tertiary/aromatic N) is 1. The molecule has 1 aromatic carbocycles. The van der Waals surface area contributed by atoms with Crippen molar-refractivity contribution in [3.63, 3.8) is 0 Å². The van der Waals surface area contributed by atoms with E-state index in [1.165, 1.54) is 6.20 Å². The molecule has 2 amide bonds. The van der Waals surface area contributed by atoms with Gasteiger partial charge in [-0.15, -0.1) is 0 Å². The van der Waals surface area contributed by atoms with Crippen LogP contribution in [0.15, 0.2) is 30.5 Å². The number of nitrogens with one attached hydrogen (secondary N) is 3. The van der Waals surface area contributed by atoms with E-state index in [2.05, 4.69) is 27.5 Å². The third kappa shape index (κ3) is 3.55. The van der Waals surface area contributed by atoms with Crippen molar-refractivity contribution >= 4 is 28.5 Å². The van der Waals surface area contributed by atoms with Crippen LogP contribution >= 0.6 is 0 Å². The van der Waals surface area contributed by atoms with Crippen molar-refractivity contribution in [1.29, 1.82) is 0 Å². The molecule has 7 heteroatoms. The molecule has 2 fully saturated rings. The molecular weight excluding hydrogens is 407 g/mol. The molecule has 166 valence electrons. The van der Waals surface area contributed by atoms with Crippen LogP contribution < -0.4 is 10.6 Å². The summed E-state index contributed by atoms with van der Waals surface area (Å²) in [5.41, 5.74) is 2.66. The number of carbonyl (C=O) groups excluding carboxylic acids is 2. The molecular formula is C25H27FN4O2. The third-order valence-electron chi connectivity index (χ3n) is 6.90. The van der Waals surface area contributed by atoms with Crippen molar-refractivity contribution in [3.05, 3.63) is 47.4 Å². The number of benzene rings is 1. The molecule has 0 unspecified atom stereocenters. The summed E-state index contributed by atoms with van der Waals surface area (Å²) in [5.74, 6) is 0.710. The van der Waals surface area contributed by atoms with Crippen LogP contribution in [0.25, 0.3) is 22.2 Å². The Morgan fingerprint density at radius 2 is 2.03 bits per heavy atom. The lowest BCUT2D eigenvalue weighted by Gasteiger charge is -2.35. The molecule has 2 heterocycles. The van der Waals surface area contributed by atoms with Crippen LogP contribution in [0.5, 0.6) is 0 Å². The lowest BCUT2D eigenvalue weighted by Crippen LogP contribution is -2.22. The molecule has 0 aliphatic heterocycles. The molecule has 0 saturated heterocycles. The second-order valence-electron chi connectivity index (χ2n) is 8.99. The zero-order valence-corrected chi connectivity index (χ0v) is 18.3. The Kier molecular flexibility index (Phi) is 5.19. The second kappa shape index (κ2) is 8.04. The molecule has 3 N–H and O–H groups in total. The Morgan fingerprint density at radius 1 is 1.25 bits per heavy atom. The summed E-state index contributed by atoms with van der Waals surface area (Å²) in [6, 6.07) is 7.27. The molecule has 32 heavy (non-hydrogen) atoms. The summed E-state index contributed by atoms with van der Waals surface area (Å²) < 4.78 is 15.6. The van der Waals surface area contributed by atoms with Gasteiger partial charge in [-0.1, -0.05) is 25.5 Å². The average molecular weight is 435 g/mol. The fourth-order valence-electron chi connectivity index (χ4n) is 4.63. The minimum atomic E-state index is -0.289. The molecule has 0 radical (unpaired) electrons. The number of aromatic nitrogens is 2. The summed E-state index contributed by atoms with van der Waals surface area (Å²) in [6.07, 6.45) is 6.37. The highest BCUT2D eigenvalue weighted by molar-refractivity contribution is 6.11. The van der Waals surface area contributed by atoms with Crippen LogP contribution in [0, 0.1) is 17.7 Å². The van der Waals surface area contributed by atoms with Gasteiger partial charge in [-0.05, 0) is 55.2 Å². The van der Waals surface area contributed by atoms with Crippen LogP contribution in [-0.2, 0) is 4.79 Å². The van der Waals surface area contributed by atoms with E-state index < -0.39 is 0 Å². The van der Waals surface area contributed by atoms with Gasteiger partial charge in [0.15, 0.2) is 5.82 Å². The summed E-state index contributed by atoms with van der Waals surface area (Å²) in [4.78, 5) is 32.3. The first-order chi connectivity index (χ1) is 15.5. The lowest BCUT2D eigenvalue weighted by molar-refractivity contribution is -0.117. The van der Waals surface area contributed by atoms with Crippen molar-refractivity contribution < 1.29 is 14.0 Å². The Morgan fingerprint density at radius 3 is 2.72 bits per heavy atom. The molecule has 2 aliphatic rings. The van der Waals surface area contributed by atoms with Crippen molar-refractivity contribution in [3.8, 4) is 11.3 Å². The molecule has 2 saturated carbocycles. The van der Waals surface area contributed by atoms with Crippen molar-refractivity contribution in [2.75, 3.05) is 12.4 Å². The quantitative estimate of drug-likeness (QED) is 0.511. The number of carbonyl (C=O) groups is 2. The van der Waals surface area contributed by atoms with E-state index in [0.29, 0.717) is 39.5 Å². The fraction of sp³-hybridized carbons (Fsp3) is 0.400. The zero-order chi connectivity index (χ0) is 22.4. The number of fused-ring (bicyclic) bond motifs is 1. The van der Waals surface area contributed by atoms with Crippen molar-refractivity contribution in [2.24, 2.45) is 11.8 Å². The zero-order valence-electron chi connectivity index (χ0n) is 18.3. The van der Waals surface area contributed by atoms with E-state index >= 15 is 4.39 Å². The molecule has 2 aromatic heterocycles. The molecule has 0 bridgehead atoms. The van der Waals surface area contributed by atoms with Gasteiger partial charge < -0.3 is 15.6 Å². The Bertz CT molecular complexity index is 1210. The number of hydrogen-bond acceptors (Lipinski definition) is 3. The predicted molar refractivity (Wildman–Crippen MR) is 122 cm³/mol. The largest absolute Gasteiger partial charge is 0.355 e. The topological polar surface area (TPSA) is 86.9 Å². The number of H-pyrrole nitrogens is 1. The molecule has 0 spiro atoms. The Labute approximate surface area is 186 Å². The first-order valence-electron chi connectivity index (χ1n) is 11.3. The van der Waals surface area contributed by atoms with Crippen LogP contribution in [0.1, 0.15) is 60.9 Å². The highest BCUT2D eigenvalue weighted by atomic mass is 19.1. The number of rotatable bonds is 6. The smallest absolute Gasteiger partial charge is 0.253 e. The SMILES string of the molecule is CCC1CC(c2cccc(-c3cc4c(C(=O)NC)cnc(NC(=O)C5CC5)c4[nH]3)c2F)C1. The van der Waals surface area contributed by atoms with Gasteiger partial charge in [-0.3, -0.25) is 9.59 Å². The van der Waals surface area contributed by atoms with Crippen LogP contribution in [0.2, 0.25) is 0 Å². The minimum Gasteiger partial charge on any atom is -0.355 e. The number of halogens is 1. The van der Waals surface area contributed by atoms with Gasteiger partial charge in [0.1, 0.15) is 5.82 Å². The van der Waals surface area contributed by atoms with Gasteiger partial charge in [-0.2, -0.15) is 0 Å². The maximum atomic E-state index is 15.6. The van der Waals surface area contributed by atoms with E-state index in [9.17, 15) is 9.59 Å². The van der Waals surface area contributed by atoms with Crippen LogP contribution in [0.4, 0.5) is 10.2 Å². The van der Waals surface area contributed by atoms with Gasteiger partial charge in [-0.25, -0.2) is 9.37 Å². The fourth-order valence-corrected chi connectivity index (χ4v) is 4.63. The van der Waals surface area contributed by atoms with Gasteiger partial charge in [0.25, 0.3) is 5.91 Å². The van der Waals surface area contributed by atoms with E-state index in [0.717, 1.165) is 37.7 Å². The molecule has 3 aromatic rings. The van der Waals surface area contributed by atoms with E-state index in [1.807, 2.05) is 12.1 Å². The first-order valence-corrected chi connectivity index (χ1v) is 11.3. The summed E-state index contributed by atoms with van der Waals surface area (Å²) >= 11 is 0. The van der Waals surface area contributed by atoms with E-state index in [1.54, 1.807) is 19.2 Å². The summed E-state index contributed by atoms with van der Waals surface area (Å²) in [7, 11) is 1.55. The van der Waals surface area contributed by atoms with Crippen molar-refractivity contribution in [1.82, 2.24) is 15.3 Å². The highest BCUT2D eigenvalue weighted by Gasteiger charge is 2.32. The van der Waals surface area contributed by atoms with E-state index in [-0.39, 0.29) is 29.5 Å². The lowest BCUT2D eigenvalue weighted by atomic mass is 9.70. The monoisotopic (exact) mass is 434 g/mol. The average Bonchev–Trinajstić information content (AvgIpc) is 3.52. The van der Waals surface area contributed by atoms with Crippen LogP contribution in [-0.4, -0.2) is 28.8 Å². The van der Waals surface area contributed by atoms with E-state index in [4.69, 9.17) is 0 Å². The third-order valence-corrected chi connectivity index (χ3v) is 6.90. The van der Waals surface area contributed by atoms with Gasteiger partial charge >= 0.3 is 0 Å². The van der Waals surface area contributed by atoms with Crippen LogP contribution in [0.3, 0.4) is 0 Å². The molecule has 2 aliphatic carbocycles. The molecule has 6 nitrogen and oxygen atoms in total. The Hall–Kier alpha value is -3.22. The number of anilines is 1.